The second kappa shape index (κ2) is 6.52. The van der Waals surface area contributed by atoms with Gasteiger partial charge in [0.15, 0.2) is 0 Å². The molecule has 0 atom stereocenters. The molecule has 102 valence electrons. The topological polar surface area (TPSA) is 49.4 Å². The number of benzene rings is 1. The average molecular weight is 291 g/mol. The fourth-order valence-corrected chi connectivity index (χ4v) is 3.40. The van der Waals surface area contributed by atoms with E-state index in [-0.39, 0.29) is 12.4 Å². The summed E-state index contributed by atoms with van der Waals surface area (Å²) in [5, 5.41) is 3.20. The Bertz CT molecular complexity index is 465. The molecule has 1 heterocycles. The average Bonchev–Trinajstić information content (AvgIpc) is 2.58. The van der Waals surface area contributed by atoms with Crippen molar-refractivity contribution < 1.29 is 8.42 Å². The molecule has 0 bridgehead atoms. The van der Waals surface area contributed by atoms with E-state index in [2.05, 4.69) is 5.32 Å². The lowest BCUT2D eigenvalue weighted by molar-refractivity contribution is 0.432. The van der Waals surface area contributed by atoms with Crippen molar-refractivity contribution in [3.8, 4) is 0 Å². The van der Waals surface area contributed by atoms with E-state index in [1.165, 1.54) is 0 Å². The van der Waals surface area contributed by atoms with Crippen molar-refractivity contribution in [1.29, 1.82) is 0 Å². The summed E-state index contributed by atoms with van der Waals surface area (Å²) in [5.41, 5.74) is 1.07. The third kappa shape index (κ3) is 3.45. The first-order chi connectivity index (χ1) is 8.10. The number of halogens is 1. The van der Waals surface area contributed by atoms with Gasteiger partial charge in [0.05, 0.1) is 4.90 Å². The van der Waals surface area contributed by atoms with Gasteiger partial charge in [-0.25, -0.2) is 8.42 Å². The van der Waals surface area contributed by atoms with Crippen LogP contribution in [0.15, 0.2) is 29.2 Å². The van der Waals surface area contributed by atoms with Gasteiger partial charge in [0, 0.05) is 19.6 Å². The maximum Gasteiger partial charge on any atom is 0.243 e. The van der Waals surface area contributed by atoms with Crippen molar-refractivity contribution in [1.82, 2.24) is 9.62 Å². The van der Waals surface area contributed by atoms with E-state index in [0.29, 0.717) is 18.0 Å². The van der Waals surface area contributed by atoms with Gasteiger partial charge in [-0.15, -0.1) is 12.4 Å². The smallest absolute Gasteiger partial charge is 0.243 e. The van der Waals surface area contributed by atoms with E-state index in [1.807, 2.05) is 19.1 Å². The molecule has 0 unspecified atom stereocenters. The minimum absolute atomic E-state index is 0. The van der Waals surface area contributed by atoms with E-state index in [0.717, 1.165) is 25.1 Å². The minimum atomic E-state index is -3.31. The number of nitrogens with one attached hydrogen (secondary N) is 1. The molecule has 1 aromatic rings. The highest BCUT2D eigenvalue weighted by Gasteiger charge is 2.24. The molecule has 4 nitrogen and oxygen atoms in total. The molecule has 1 N–H and O–H groups in total. The van der Waals surface area contributed by atoms with Crippen LogP contribution in [0.3, 0.4) is 0 Å². The predicted molar refractivity (Wildman–Crippen MR) is 74.7 cm³/mol. The first-order valence-corrected chi connectivity index (χ1v) is 7.32. The molecule has 1 fully saturated rings. The zero-order valence-corrected chi connectivity index (χ0v) is 12.1. The number of hydrogen-bond donors (Lipinski definition) is 1. The molecule has 0 saturated carbocycles. The Kier molecular flexibility index (Phi) is 5.59. The van der Waals surface area contributed by atoms with Crippen LogP contribution in [-0.4, -0.2) is 38.9 Å². The zero-order chi connectivity index (χ0) is 12.3. The van der Waals surface area contributed by atoms with Crippen LogP contribution in [0.5, 0.6) is 0 Å². The maximum absolute atomic E-state index is 12.3. The fraction of sp³-hybridized carbons (Fsp3) is 0.500. The van der Waals surface area contributed by atoms with Crippen molar-refractivity contribution in [2.24, 2.45) is 0 Å². The number of nitrogens with zero attached hydrogens (tertiary/aromatic N) is 1. The van der Waals surface area contributed by atoms with Gasteiger partial charge in [-0.3, -0.25) is 0 Å². The first kappa shape index (κ1) is 15.4. The Morgan fingerprint density at radius 1 is 1.11 bits per heavy atom. The summed E-state index contributed by atoms with van der Waals surface area (Å²) in [7, 11) is -3.31. The lowest BCUT2D eigenvalue weighted by Gasteiger charge is -2.19. The Morgan fingerprint density at radius 2 is 1.78 bits per heavy atom. The van der Waals surface area contributed by atoms with E-state index >= 15 is 0 Å². The summed E-state index contributed by atoms with van der Waals surface area (Å²) in [6, 6.07) is 7.04. The van der Waals surface area contributed by atoms with Gasteiger partial charge in [-0.2, -0.15) is 4.31 Å². The summed E-state index contributed by atoms with van der Waals surface area (Å²) >= 11 is 0. The van der Waals surface area contributed by atoms with E-state index < -0.39 is 10.0 Å². The number of hydrogen-bond acceptors (Lipinski definition) is 3. The molecule has 2 rings (SSSR count). The monoisotopic (exact) mass is 290 g/mol. The van der Waals surface area contributed by atoms with Crippen LogP contribution in [-0.2, 0) is 10.0 Å². The number of rotatable bonds is 2. The molecule has 1 aromatic carbocycles. The molecule has 6 heteroatoms. The number of aryl methyl sites for hydroxylation is 1. The molecular formula is C12H19ClN2O2S. The van der Waals surface area contributed by atoms with Crippen LogP contribution < -0.4 is 5.32 Å². The van der Waals surface area contributed by atoms with Gasteiger partial charge in [0.2, 0.25) is 10.0 Å². The third-order valence-corrected chi connectivity index (χ3v) is 4.87. The normalized spacial score (nSPS) is 17.8. The SMILES string of the molecule is Cc1ccc(S(=O)(=O)N2CCCNCC2)cc1.Cl. The zero-order valence-electron chi connectivity index (χ0n) is 10.4. The lowest BCUT2D eigenvalue weighted by atomic mass is 10.2. The van der Waals surface area contributed by atoms with Crippen LogP contribution in [0.2, 0.25) is 0 Å². The highest BCUT2D eigenvalue weighted by molar-refractivity contribution is 7.89. The van der Waals surface area contributed by atoms with Crippen LogP contribution >= 0.6 is 12.4 Å². The maximum atomic E-state index is 12.3. The summed E-state index contributed by atoms with van der Waals surface area (Å²) in [6.07, 6.45) is 0.866. The standard InChI is InChI=1S/C12H18N2O2S.ClH/c1-11-3-5-12(6-4-11)17(15,16)14-9-2-7-13-8-10-14;/h3-6,13H,2,7-10H2,1H3;1H. The Labute approximate surface area is 115 Å². The molecule has 1 saturated heterocycles. The Balaban J connectivity index is 0.00000162. The lowest BCUT2D eigenvalue weighted by Crippen LogP contribution is -2.34. The van der Waals surface area contributed by atoms with Gasteiger partial charge in [-0.05, 0) is 32.0 Å². The second-order valence-electron chi connectivity index (χ2n) is 4.32. The van der Waals surface area contributed by atoms with Gasteiger partial charge in [0.1, 0.15) is 0 Å². The van der Waals surface area contributed by atoms with Gasteiger partial charge in [0.25, 0.3) is 0 Å². The van der Waals surface area contributed by atoms with Gasteiger partial charge in [-0.1, -0.05) is 17.7 Å². The predicted octanol–water partition coefficient (Wildman–Crippen LogP) is 1.40. The summed E-state index contributed by atoms with van der Waals surface area (Å²) in [5.74, 6) is 0. The van der Waals surface area contributed by atoms with Crippen LogP contribution in [0.1, 0.15) is 12.0 Å². The van der Waals surface area contributed by atoms with Gasteiger partial charge >= 0.3 is 0 Å². The van der Waals surface area contributed by atoms with Crippen molar-refractivity contribution in [3.63, 3.8) is 0 Å². The van der Waals surface area contributed by atoms with Crippen LogP contribution in [0, 0.1) is 6.92 Å². The Morgan fingerprint density at radius 3 is 2.44 bits per heavy atom. The number of sulfonamides is 1. The molecule has 1 aliphatic rings. The summed E-state index contributed by atoms with van der Waals surface area (Å²) < 4.78 is 26.3. The molecule has 0 amide bonds. The van der Waals surface area contributed by atoms with E-state index in [4.69, 9.17) is 0 Å². The van der Waals surface area contributed by atoms with E-state index in [1.54, 1.807) is 16.4 Å². The first-order valence-electron chi connectivity index (χ1n) is 5.88. The molecule has 0 aliphatic carbocycles. The van der Waals surface area contributed by atoms with Crippen LogP contribution in [0.25, 0.3) is 0 Å². The van der Waals surface area contributed by atoms with Gasteiger partial charge < -0.3 is 5.32 Å². The quantitative estimate of drug-likeness (QED) is 0.896. The van der Waals surface area contributed by atoms with Crippen molar-refractivity contribution in [2.75, 3.05) is 26.2 Å². The molecule has 1 aliphatic heterocycles. The van der Waals surface area contributed by atoms with Crippen molar-refractivity contribution in [3.05, 3.63) is 29.8 Å². The third-order valence-electron chi connectivity index (χ3n) is 2.96. The summed E-state index contributed by atoms with van der Waals surface area (Å²) in [4.78, 5) is 0.394. The van der Waals surface area contributed by atoms with Crippen molar-refractivity contribution in [2.45, 2.75) is 18.2 Å². The molecule has 0 radical (unpaired) electrons. The largest absolute Gasteiger partial charge is 0.315 e. The molecule has 0 spiro atoms. The minimum Gasteiger partial charge on any atom is -0.315 e. The molecule has 0 aromatic heterocycles. The van der Waals surface area contributed by atoms with E-state index in [9.17, 15) is 8.42 Å². The fourth-order valence-electron chi connectivity index (χ4n) is 1.92. The van der Waals surface area contributed by atoms with Crippen LogP contribution in [0.4, 0.5) is 0 Å². The Hall–Kier alpha value is -0.620. The highest BCUT2D eigenvalue weighted by atomic mass is 35.5. The summed E-state index contributed by atoms with van der Waals surface area (Å²) in [6.45, 7) is 4.72. The molecular weight excluding hydrogens is 272 g/mol. The second-order valence-corrected chi connectivity index (χ2v) is 6.26. The highest BCUT2D eigenvalue weighted by Crippen LogP contribution is 2.16. The van der Waals surface area contributed by atoms with Crippen molar-refractivity contribution >= 4 is 22.4 Å². The molecule has 18 heavy (non-hydrogen) atoms.